The minimum absolute atomic E-state index is 0.310. The van der Waals surface area contributed by atoms with Crippen molar-refractivity contribution < 1.29 is 10.2 Å². The van der Waals surface area contributed by atoms with E-state index in [-0.39, 0.29) is 6.10 Å². The van der Waals surface area contributed by atoms with Crippen LogP contribution in [0.1, 0.15) is 104 Å². The van der Waals surface area contributed by atoms with Crippen molar-refractivity contribution in [2.24, 2.45) is 46.3 Å². The average Bonchev–Trinajstić information content (AvgIpc) is 3.16. The highest BCUT2D eigenvalue weighted by molar-refractivity contribution is 5.19. The summed E-state index contributed by atoms with van der Waals surface area (Å²) in [5.41, 5.74) is 1.48. The average molecular weight is 439 g/mol. The fourth-order valence-corrected chi connectivity index (χ4v) is 9.72. The normalized spacial score (nSPS) is 47.8. The van der Waals surface area contributed by atoms with Crippen molar-refractivity contribution >= 4 is 0 Å². The van der Waals surface area contributed by atoms with E-state index in [0.717, 1.165) is 42.6 Å². The molecule has 0 radical (unpaired) electrons. The zero-order valence-corrected chi connectivity index (χ0v) is 20.9. The van der Waals surface area contributed by atoms with Crippen LogP contribution in [0, 0.1) is 46.3 Å². The molecule has 0 spiro atoms. The van der Waals surface area contributed by atoms with Crippen LogP contribution in [-0.4, -0.2) is 15.8 Å². The van der Waals surface area contributed by atoms with Gasteiger partial charge in [0.05, 0.1) is 11.7 Å². The maximum atomic E-state index is 11.2. The number of fused-ring (bicyclic) bond motifs is 5. The largest absolute Gasteiger partial charge is 0.390 e. The predicted octanol–water partition coefficient (Wildman–Crippen LogP) is 7.16. The first-order chi connectivity index (χ1) is 15.2. The Labute approximate surface area is 196 Å². The van der Waals surface area contributed by atoms with Gasteiger partial charge >= 0.3 is 0 Å². The van der Waals surface area contributed by atoms with E-state index < -0.39 is 5.60 Å². The smallest absolute Gasteiger partial charge is 0.0818 e. The van der Waals surface area contributed by atoms with E-state index >= 15 is 0 Å². The number of hydrogen-bond acceptors (Lipinski definition) is 2. The molecule has 1 aromatic rings. The summed E-state index contributed by atoms with van der Waals surface area (Å²) in [7, 11) is 0. The molecule has 0 aromatic heterocycles. The molecule has 0 bridgehead atoms. The summed E-state index contributed by atoms with van der Waals surface area (Å²) >= 11 is 0. The van der Waals surface area contributed by atoms with E-state index in [4.69, 9.17) is 0 Å². The molecule has 1 aromatic carbocycles. The molecule has 178 valence electrons. The Morgan fingerprint density at radius 2 is 1.62 bits per heavy atom. The second-order valence-electron chi connectivity index (χ2n) is 12.9. The summed E-state index contributed by atoms with van der Waals surface area (Å²) in [5, 5.41) is 22.3. The second kappa shape index (κ2) is 8.12. The molecule has 2 heteroatoms. The monoisotopic (exact) mass is 438 g/mol. The molecule has 4 aliphatic rings. The van der Waals surface area contributed by atoms with Gasteiger partial charge in [-0.25, -0.2) is 0 Å². The zero-order chi connectivity index (χ0) is 22.7. The van der Waals surface area contributed by atoms with Crippen molar-refractivity contribution in [3.8, 4) is 0 Å². The Morgan fingerprint density at radius 1 is 0.906 bits per heavy atom. The highest BCUT2D eigenvalue weighted by Crippen LogP contribution is 2.69. The summed E-state index contributed by atoms with van der Waals surface area (Å²) < 4.78 is 0. The topological polar surface area (TPSA) is 40.5 Å². The third-order valence-electron chi connectivity index (χ3n) is 11.8. The standard InChI is InChI=1S/C30H46O2/c1-5-30(32)18-17-28(3)22(19-30)11-12-23-25-14-13-24(29(25,4)16-15-26(23)28)20(2)27(31)21-9-7-6-8-10-21/h6-10,20,22-27,31-32H,5,11-19H2,1-4H3/t20-,22?,23?,24?,25?,26?,27+,28?,29?,30?/m0/s1. The molecular formula is C30H46O2. The van der Waals surface area contributed by atoms with Gasteiger partial charge in [-0.2, -0.15) is 0 Å². The molecule has 10 atom stereocenters. The van der Waals surface area contributed by atoms with Crippen molar-refractivity contribution in [1.82, 2.24) is 0 Å². The molecule has 32 heavy (non-hydrogen) atoms. The van der Waals surface area contributed by atoms with E-state index in [0.29, 0.717) is 28.6 Å². The fourth-order valence-electron chi connectivity index (χ4n) is 9.72. The molecule has 5 rings (SSSR count). The third kappa shape index (κ3) is 3.42. The van der Waals surface area contributed by atoms with Crippen LogP contribution in [0.25, 0.3) is 0 Å². The highest BCUT2D eigenvalue weighted by atomic mass is 16.3. The molecule has 0 amide bonds. The summed E-state index contributed by atoms with van der Waals surface area (Å²) in [6, 6.07) is 10.3. The van der Waals surface area contributed by atoms with Crippen LogP contribution in [0.4, 0.5) is 0 Å². The molecule has 4 saturated carbocycles. The van der Waals surface area contributed by atoms with E-state index in [1.54, 1.807) is 0 Å². The van der Waals surface area contributed by atoms with Crippen LogP contribution in [0.5, 0.6) is 0 Å². The number of hydrogen-bond donors (Lipinski definition) is 2. The van der Waals surface area contributed by atoms with Gasteiger partial charge < -0.3 is 10.2 Å². The Morgan fingerprint density at radius 3 is 2.34 bits per heavy atom. The van der Waals surface area contributed by atoms with Crippen molar-refractivity contribution in [3.05, 3.63) is 35.9 Å². The first kappa shape index (κ1) is 22.9. The lowest BCUT2D eigenvalue weighted by Gasteiger charge is -2.62. The van der Waals surface area contributed by atoms with Crippen LogP contribution in [0.15, 0.2) is 30.3 Å². The third-order valence-corrected chi connectivity index (χ3v) is 11.8. The quantitative estimate of drug-likeness (QED) is 0.524. The number of aliphatic hydroxyl groups excluding tert-OH is 1. The van der Waals surface area contributed by atoms with E-state index in [1.165, 1.54) is 44.9 Å². The summed E-state index contributed by atoms with van der Waals surface area (Å²) in [6.45, 7) is 9.67. The van der Waals surface area contributed by atoms with Gasteiger partial charge in [0.15, 0.2) is 0 Å². The number of benzene rings is 1. The fraction of sp³-hybridized carbons (Fsp3) is 0.800. The molecule has 0 heterocycles. The lowest BCUT2D eigenvalue weighted by atomic mass is 9.43. The lowest BCUT2D eigenvalue weighted by Crippen LogP contribution is -2.56. The Bertz CT molecular complexity index is 806. The summed E-state index contributed by atoms with van der Waals surface area (Å²) in [4.78, 5) is 0. The van der Waals surface area contributed by atoms with Gasteiger partial charge in [0.2, 0.25) is 0 Å². The van der Waals surface area contributed by atoms with Gasteiger partial charge in [-0.1, -0.05) is 58.0 Å². The SMILES string of the molecule is CCC1(O)CCC2(C)C(CCC3C2CCC2(C)C3CCC2[C@H](C)[C@@H](O)c2ccccc2)C1. The van der Waals surface area contributed by atoms with Gasteiger partial charge in [-0.05, 0) is 116 Å². The van der Waals surface area contributed by atoms with E-state index in [2.05, 4.69) is 52.0 Å². The molecular weight excluding hydrogens is 392 g/mol. The first-order valence-electron chi connectivity index (χ1n) is 13.7. The molecule has 2 N–H and O–H groups in total. The predicted molar refractivity (Wildman–Crippen MR) is 131 cm³/mol. The Balaban J connectivity index is 1.35. The Hall–Kier alpha value is -0.860. The maximum Gasteiger partial charge on any atom is 0.0818 e. The van der Waals surface area contributed by atoms with E-state index in [9.17, 15) is 10.2 Å². The molecule has 2 nitrogen and oxygen atoms in total. The molecule has 4 aliphatic carbocycles. The van der Waals surface area contributed by atoms with Crippen LogP contribution >= 0.6 is 0 Å². The molecule has 0 saturated heterocycles. The zero-order valence-electron chi connectivity index (χ0n) is 20.9. The molecule has 4 fully saturated rings. The van der Waals surface area contributed by atoms with Gasteiger partial charge in [0.25, 0.3) is 0 Å². The highest BCUT2D eigenvalue weighted by Gasteiger charge is 2.61. The first-order valence-corrected chi connectivity index (χ1v) is 13.7. The maximum absolute atomic E-state index is 11.2. The minimum Gasteiger partial charge on any atom is -0.390 e. The van der Waals surface area contributed by atoms with E-state index in [1.807, 2.05) is 6.07 Å². The van der Waals surface area contributed by atoms with Crippen LogP contribution in [0.3, 0.4) is 0 Å². The summed E-state index contributed by atoms with van der Waals surface area (Å²) in [6.07, 6.45) is 11.8. The Kier molecular flexibility index (Phi) is 5.81. The molecule has 8 unspecified atom stereocenters. The minimum atomic E-state index is -0.401. The van der Waals surface area contributed by atoms with Gasteiger partial charge in [0.1, 0.15) is 0 Å². The van der Waals surface area contributed by atoms with Crippen molar-refractivity contribution in [2.45, 2.75) is 104 Å². The van der Waals surface area contributed by atoms with Crippen LogP contribution < -0.4 is 0 Å². The van der Waals surface area contributed by atoms with Crippen molar-refractivity contribution in [2.75, 3.05) is 0 Å². The van der Waals surface area contributed by atoms with Gasteiger partial charge in [0, 0.05) is 0 Å². The lowest BCUT2D eigenvalue weighted by molar-refractivity contribution is -0.154. The van der Waals surface area contributed by atoms with Gasteiger partial charge in [-0.3, -0.25) is 0 Å². The van der Waals surface area contributed by atoms with Crippen LogP contribution in [0.2, 0.25) is 0 Å². The second-order valence-corrected chi connectivity index (χ2v) is 12.9. The summed E-state index contributed by atoms with van der Waals surface area (Å²) in [5.74, 6) is 4.16. The molecule has 0 aliphatic heterocycles. The van der Waals surface area contributed by atoms with Crippen molar-refractivity contribution in [3.63, 3.8) is 0 Å². The van der Waals surface area contributed by atoms with Gasteiger partial charge in [-0.15, -0.1) is 0 Å². The van der Waals surface area contributed by atoms with Crippen LogP contribution in [-0.2, 0) is 0 Å². The van der Waals surface area contributed by atoms with Crippen molar-refractivity contribution in [1.29, 1.82) is 0 Å². The number of aliphatic hydroxyl groups is 2. The number of rotatable bonds is 4.